The first kappa shape index (κ1) is 27.8. The third kappa shape index (κ3) is 7.66. The Morgan fingerprint density at radius 2 is 1.50 bits per heavy atom. The molecule has 4 aromatic rings. The van der Waals surface area contributed by atoms with Crippen LogP contribution in [-0.4, -0.2) is 74.4 Å². The summed E-state index contributed by atoms with van der Waals surface area (Å²) in [6.45, 7) is 2.82. The van der Waals surface area contributed by atoms with E-state index in [1.165, 1.54) is 6.33 Å². The number of aryl methyl sites for hydroxylation is 1. The van der Waals surface area contributed by atoms with Gasteiger partial charge < -0.3 is 30.6 Å². The van der Waals surface area contributed by atoms with Gasteiger partial charge in [0.1, 0.15) is 12.2 Å². The number of nitrogens with zero attached hydrogens (tertiary/aromatic N) is 6. The molecule has 1 aliphatic heterocycles. The molecule has 1 saturated heterocycles. The van der Waals surface area contributed by atoms with Gasteiger partial charge in [0, 0.05) is 35.2 Å². The van der Waals surface area contributed by atoms with E-state index in [2.05, 4.69) is 51.2 Å². The van der Waals surface area contributed by atoms with Crippen molar-refractivity contribution < 1.29 is 47.3 Å². The van der Waals surface area contributed by atoms with Gasteiger partial charge in [0.15, 0.2) is 0 Å². The summed E-state index contributed by atoms with van der Waals surface area (Å²) in [5.41, 5.74) is 1.53. The first-order chi connectivity index (χ1) is 17.8. The Bertz CT molecular complexity index is 1540. The summed E-state index contributed by atoms with van der Waals surface area (Å²) in [5, 5.41) is 14.1. The van der Waals surface area contributed by atoms with Gasteiger partial charge in [0.05, 0.1) is 28.6 Å². The SMILES string of the molecule is Cc1ncnc(Nc2cccc3c(Nc4nc(NCCS(=O)(=O)[O-])nc(NCC5CO5)n4)cccc23)n1.[Na+]. The van der Waals surface area contributed by atoms with Crippen LogP contribution < -0.4 is 50.8 Å². The fraction of sp³-hybridized carbons (Fsp3) is 0.273. The number of ether oxygens (including phenoxy) is 1. The van der Waals surface area contributed by atoms with Crippen molar-refractivity contribution in [2.24, 2.45) is 0 Å². The molecule has 0 aliphatic carbocycles. The third-order valence-electron chi connectivity index (χ3n) is 5.27. The van der Waals surface area contributed by atoms with Gasteiger partial charge in [-0.25, -0.2) is 18.4 Å². The Balaban J connectivity index is 0.00000336. The molecule has 3 heterocycles. The molecule has 16 heteroatoms. The average Bonchev–Trinajstić information content (AvgIpc) is 3.67. The molecule has 1 fully saturated rings. The van der Waals surface area contributed by atoms with Gasteiger partial charge in [0.2, 0.25) is 23.8 Å². The number of aromatic nitrogens is 6. The van der Waals surface area contributed by atoms with Crippen LogP contribution in [0.3, 0.4) is 0 Å². The van der Waals surface area contributed by atoms with Crippen LogP contribution in [0.25, 0.3) is 10.8 Å². The quantitative estimate of drug-likeness (QED) is 0.0992. The molecule has 0 amide bonds. The van der Waals surface area contributed by atoms with Crippen molar-refractivity contribution in [3.05, 3.63) is 48.5 Å². The summed E-state index contributed by atoms with van der Waals surface area (Å²) in [6.07, 6.45) is 1.54. The maximum atomic E-state index is 11.0. The molecule has 0 spiro atoms. The predicted molar refractivity (Wildman–Crippen MR) is 136 cm³/mol. The number of fused-ring (bicyclic) bond motifs is 1. The van der Waals surface area contributed by atoms with Crippen LogP contribution in [-0.2, 0) is 14.9 Å². The molecule has 2 aromatic heterocycles. The number of rotatable bonds is 11. The fourth-order valence-corrected chi connectivity index (χ4v) is 3.83. The van der Waals surface area contributed by atoms with Crippen LogP contribution in [0, 0.1) is 6.92 Å². The standard InChI is InChI=1S/C22H24N10O4S.Na/c1-13-25-12-26-21(27-13)28-17-6-2-5-16-15(17)4-3-7-18(16)29-22-31-19(23-8-9-37(33,34)35)30-20(32-22)24-10-14-11-36-14;/h2-7,12,14H,8-11H2,1H3,(H,33,34,35)(H,25,26,27,28)(H3,23,24,29,30,31,32);/q;+1/p-1. The number of hydrogen-bond donors (Lipinski definition) is 4. The zero-order chi connectivity index (χ0) is 25.8. The molecule has 0 bridgehead atoms. The number of nitrogens with one attached hydrogen (secondary N) is 4. The molecule has 192 valence electrons. The molecule has 0 saturated carbocycles. The largest absolute Gasteiger partial charge is 1.00 e. The Morgan fingerprint density at radius 3 is 2.11 bits per heavy atom. The van der Waals surface area contributed by atoms with Crippen LogP contribution in [0.2, 0.25) is 0 Å². The van der Waals surface area contributed by atoms with Gasteiger partial charge in [-0.15, -0.1) is 0 Å². The number of epoxide rings is 1. The Kier molecular flexibility index (Phi) is 8.86. The predicted octanol–water partition coefficient (Wildman–Crippen LogP) is -1.22. The monoisotopic (exact) mass is 546 g/mol. The molecule has 4 N–H and O–H groups in total. The van der Waals surface area contributed by atoms with Crippen LogP contribution in [0.15, 0.2) is 42.7 Å². The van der Waals surface area contributed by atoms with E-state index in [0.29, 0.717) is 24.9 Å². The maximum Gasteiger partial charge on any atom is 1.00 e. The molecule has 0 radical (unpaired) electrons. The zero-order valence-electron chi connectivity index (χ0n) is 20.7. The van der Waals surface area contributed by atoms with Gasteiger partial charge in [-0.2, -0.15) is 19.9 Å². The molecular formula is C22H23N10NaO4S. The van der Waals surface area contributed by atoms with Crippen molar-refractivity contribution in [2.45, 2.75) is 13.0 Å². The number of anilines is 6. The van der Waals surface area contributed by atoms with E-state index < -0.39 is 15.9 Å². The van der Waals surface area contributed by atoms with E-state index in [1.807, 2.05) is 36.4 Å². The summed E-state index contributed by atoms with van der Waals surface area (Å²) < 4.78 is 38.1. The summed E-state index contributed by atoms with van der Waals surface area (Å²) in [7, 11) is -4.38. The Labute approximate surface area is 240 Å². The first-order valence-electron chi connectivity index (χ1n) is 11.3. The first-order valence-corrected chi connectivity index (χ1v) is 12.9. The van der Waals surface area contributed by atoms with Crippen molar-refractivity contribution >= 4 is 56.1 Å². The van der Waals surface area contributed by atoms with E-state index >= 15 is 0 Å². The van der Waals surface area contributed by atoms with Gasteiger partial charge in [-0.3, -0.25) is 0 Å². The average molecular weight is 547 g/mol. The minimum absolute atomic E-state index is 0. The summed E-state index contributed by atoms with van der Waals surface area (Å²) >= 11 is 0. The van der Waals surface area contributed by atoms with Crippen LogP contribution in [0.4, 0.5) is 35.2 Å². The van der Waals surface area contributed by atoms with Gasteiger partial charge in [-0.05, 0) is 19.1 Å². The fourth-order valence-electron chi connectivity index (χ4n) is 3.48. The molecular weight excluding hydrogens is 523 g/mol. The van der Waals surface area contributed by atoms with Crippen molar-refractivity contribution in [1.29, 1.82) is 0 Å². The van der Waals surface area contributed by atoms with Crippen LogP contribution in [0.1, 0.15) is 5.82 Å². The summed E-state index contributed by atoms with van der Waals surface area (Å²) in [6, 6.07) is 11.5. The molecule has 38 heavy (non-hydrogen) atoms. The molecule has 1 unspecified atom stereocenters. The zero-order valence-corrected chi connectivity index (χ0v) is 23.5. The van der Waals surface area contributed by atoms with Gasteiger partial charge in [0.25, 0.3) is 0 Å². The number of hydrogen-bond acceptors (Lipinski definition) is 14. The Hall–Kier alpha value is -3.21. The van der Waals surface area contributed by atoms with Gasteiger partial charge >= 0.3 is 29.6 Å². The summed E-state index contributed by atoms with van der Waals surface area (Å²) in [4.78, 5) is 25.5. The molecule has 1 aliphatic rings. The third-order valence-corrected chi connectivity index (χ3v) is 5.97. The summed E-state index contributed by atoms with van der Waals surface area (Å²) in [5.74, 6) is 1.05. The molecule has 1 atom stereocenters. The van der Waals surface area contributed by atoms with Crippen molar-refractivity contribution in [1.82, 2.24) is 29.9 Å². The van der Waals surface area contributed by atoms with E-state index in [4.69, 9.17) is 4.74 Å². The minimum atomic E-state index is -4.38. The number of benzene rings is 2. The van der Waals surface area contributed by atoms with Crippen molar-refractivity contribution in [3.8, 4) is 0 Å². The van der Waals surface area contributed by atoms with Gasteiger partial charge in [-0.1, -0.05) is 24.3 Å². The Morgan fingerprint density at radius 1 is 0.895 bits per heavy atom. The van der Waals surface area contributed by atoms with E-state index in [9.17, 15) is 13.0 Å². The van der Waals surface area contributed by atoms with Crippen molar-refractivity contribution in [2.75, 3.05) is 46.7 Å². The smallest absolute Gasteiger partial charge is 0.748 e. The molecule has 2 aromatic carbocycles. The molecule has 5 rings (SSSR count). The van der Waals surface area contributed by atoms with E-state index in [1.54, 1.807) is 6.92 Å². The topological polar surface area (TPSA) is 195 Å². The second-order valence-electron chi connectivity index (χ2n) is 8.14. The van der Waals surface area contributed by atoms with Crippen LogP contribution in [0.5, 0.6) is 0 Å². The minimum Gasteiger partial charge on any atom is -0.748 e. The maximum absolute atomic E-state index is 11.0. The second-order valence-corrected chi connectivity index (χ2v) is 9.67. The van der Waals surface area contributed by atoms with E-state index in [-0.39, 0.29) is 60.1 Å². The normalized spacial score (nSPS) is 14.4. The van der Waals surface area contributed by atoms with Crippen LogP contribution >= 0.6 is 0 Å². The van der Waals surface area contributed by atoms with E-state index in [0.717, 1.165) is 22.1 Å². The van der Waals surface area contributed by atoms with Crippen molar-refractivity contribution in [3.63, 3.8) is 0 Å². The molecule has 14 nitrogen and oxygen atoms in total. The second kappa shape index (κ2) is 12.1.